The first kappa shape index (κ1) is 13.8. The summed E-state index contributed by atoms with van der Waals surface area (Å²) in [6.45, 7) is 1.80. The summed E-state index contributed by atoms with van der Waals surface area (Å²) >= 11 is 3.52. The van der Waals surface area contributed by atoms with Crippen LogP contribution in [0.5, 0.6) is 0 Å². The molecule has 3 atom stereocenters. The Morgan fingerprint density at radius 1 is 1.29 bits per heavy atom. The molecular weight excluding hydrogens is 328 g/mol. The predicted octanol–water partition coefficient (Wildman–Crippen LogP) is 2.68. The number of likely N-dealkylation sites (tertiary alicyclic amines) is 1. The molecule has 0 aromatic heterocycles. The number of halogens is 1. The lowest BCUT2D eigenvalue weighted by atomic mass is 9.94. The molecule has 3 nitrogen and oxygen atoms in total. The minimum absolute atomic E-state index is 0.244. The first-order chi connectivity index (χ1) is 10.1. The summed E-state index contributed by atoms with van der Waals surface area (Å²) in [5.74, 6) is 1.51. The molecule has 1 aromatic rings. The van der Waals surface area contributed by atoms with E-state index in [1.807, 2.05) is 12.1 Å². The van der Waals surface area contributed by atoms with Crippen LogP contribution in [0, 0.1) is 11.8 Å². The standard InChI is InChI=1S/C17H21BrN2O/c18-13-3-1-2-12(8-13)17(6-7-17)16(21)20-9-11-4-5-15(19)14(11)10-20/h1-3,8,11,14-15H,4-7,9-10,19H2. The second-order valence-corrected chi connectivity index (χ2v) is 7.88. The molecule has 1 heterocycles. The largest absolute Gasteiger partial charge is 0.341 e. The molecule has 0 bridgehead atoms. The van der Waals surface area contributed by atoms with Gasteiger partial charge in [-0.2, -0.15) is 0 Å². The molecule has 3 unspecified atom stereocenters. The van der Waals surface area contributed by atoms with E-state index in [9.17, 15) is 4.79 Å². The summed E-state index contributed by atoms with van der Waals surface area (Å²) in [5, 5.41) is 0. The molecule has 3 fully saturated rings. The number of amides is 1. The van der Waals surface area contributed by atoms with Crippen molar-refractivity contribution in [2.75, 3.05) is 13.1 Å². The van der Waals surface area contributed by atoms with Gasteiger partial charge in [-0.15, -0.1) is 0 Å². The van der Waals surface area contributed by atoms with E-state index >= 15 is 0 Å². The SMILES string of the molecule is NC1CCC2CN(C(=O)C3(c4cccc(Br)c4)CC3)CC12. The summed E-state index contributed by atoms with van der Waals surface area (Å²) in [7, 11) is 0. The van der Waals surface area contributed by atoms with Crippen LogP contribution in [0.15, 0.2) is 28.7 Å². The minimum atomic E-state index is -0.244. The van der Waals surface area contributed by atoms with Crippen molar-refractivity contribution in [2.45, 2.75) is 37.1 Å². The lowest BCUT2D eigenvalue weighted by molar-refractivity contribution is -0.133. The van der Waals surface area contributed by atoms with Crippen molar-refractivity contribution in [2.24, 2.45) is 17.6 Å². The van der Waals surface area contributed by atoms with Crippen LogP contribution in [-0.4, -0.2) is 29.9 Å². The monoisotopic (exact) mass is 348 g/mol. The Kier molecular flexibility index (Phi) is 3.16. The second kappa shape index (κ2) is 4.82. The molecule has 2 aliphatic carbocycles. The molecule has 1 aliphatic heterocycles. The van der Waals surface area contributed by atoms with Crippen LogP contribution in [0.4, 0.5) is 0 Å². The van der Waals surface area contributed by atoms with Crippen LogP contribution in [0.2, 0.25) is 0 Å². The average Bonchev–Trinajstić information content (AvgIpc) is 3.06. The van der Waals surface area contributed by atoms with E-state index in [4.69, 9.17) is 5.73 Å². The van der Waals surface area contributed by atoms with Gasteiger partial charge in [0.05, 0.1) is 5.41 Å². The maximum Gasteiger partial charge on any atom is 0.233 e. The molecule has 4 heteroatoms. The maximum atomic E-state index is 13.0. The number of hydrogen-bond acceptors (Lipinski definition) is 2. The van der Waals surface area contributed by atoms with Gasteiger partial charge in [0.1, 0.15) is 0 Å². The zero-order valence-electron chi connectivity index (χ0n) is 12.1. The van der Waals surface area contributed by atoms with Gasteiger partial charge in [-0.25, -0.2) is 0 Å². The summed E-state index contributed by atoms with van der Waals surface area (Å²) in [4.78, 5) is 15.1. The van der Waals surface area contributed by atoms with Gasteiger partial charge in [-0.3, -0.25) is 4.79 Å². The van der Waals surface area contributed by atoms with Gasteiger partial charge in [-0.1, -0.05) is 28.1 Å². The van der Waals surface area contributed by atoms with Crippen molar-refractivity contribution >= 4 is 21.8 Å². The van der Waals surface area contributed by atoms with Crippen molar-refractivity contribution < 1.29 is 4.79 Å². The average molecular weight is 349 g/mol. The van der Waals surface area contributed by atoms with E-state index in [2.05, 4.69) is 33.0 Å². The lowest BCUT2D eigenvalue weighted by Gasteiger charge is -2.25. The predicted molar refractivity (Wildman–Crippen MR) is 85.8 cm³/mol. The van der Waals surface area contributed by atoms with Crippen LogP contribution in [0.3, 0.4) is 0 Å². The number of carbonyl (C=O) groups is 1. The summed E-state index contributed by atoms with van der Waals surface area (Å²) in [5.41, 5.74) is 7.12. The van der Waals surface area contributed by atoms with Crippen molar-refractivity contribution in [3.63, 3.8) is 0 Å². The Bertz CT molecular complexity index is 584. The quantitative estimate of drug-likeness (QED) is 0.892. The number of rotatable bonds is 2. The molecular formula is C17H21BrN2O. The van der Waals surface area contributed by atoms with E-state index < -0.39 is 0 Å². The normalized spacial score (nSPS) is 33.0. The second-order valence-electron chi connectivity index (χ2n) is 6.97. The van der Waals surface area contributed by atoms with Crippen molar-refractivity contribution in [1.29, 1.82) is 0 Å². The summed E-state index contributed by atoms with van der Waals surface area (Å²) < 4.78 is 1.05. The Labute approximate surface area is 134 Å². The fraction of sp³-hybridized carbons (Fsp3) is 0.588. The van der Waals surface area contributed by atoms with Gasteiger partial charge in [0, 0.05) is 23.6 Å². The number of nitrogens with two attached hydrogens (primary N) is 1. The Hall–Kier alpha value is -0.870. The maximum absolute atomic E-state index is 13.0. The first-order valence-corrected chi connectivity index (χ1v) is 8.70. The highest BCUT2D eigenvalue weighted by Crippen LogP contribution is 2.51. The third-order valence-electron chi connectivity index (χ3n) is 5.74. The third-order valence-corrected chi connectivity index (χ3v) is 6.23. The Morgan fingerprint density at radius 3 is 2.76 bits per heavy atom. The fourth-order valence-corrected chi connectivity index (χ4v) is 4.71. The molecule has 112 valence electrons. The fourth-order valence-electron chi connectivity index (χ4n) is 4.31. The molecule has 21 heavy (non-hydrogen) atoms. The van der Waals surface area contributed by atoms with E-state index in [-0.39, 0.29) is 5.41 Å². The minimum Gasteiger partial charge on any atom is -0.341 e. The van der Waals surface area contributed by atoms with Crippen LogP contribution < -0.4 is 5.73 Å². The molecule has 0 spiro atoms. The van der Waals surface area contributed by atoms with Crippen molar-refractivity contribution in [3.05, 3.63) is 34.3 Å². The highest BCUT2D eigenvalue weighted by molar-refractivity contribution is 9.10. The molecule has 2 saturated carbocycles. The molecule has 4 rings (SSSR count). The Balaban J connectivity index is 1.56. The van der Waals surface area contributed by atoms with Gasteiger partial charge < -0.3 is 10.6 Å². The number of fused-ring (bicyclic) bond motifs is 1. The summed E-state index contributed by atoms with van der Waals surface area (Å²) in [6.07, 6.45) is 4.30. The van der Waals surface area contributed by atoms with E-state index in [0.717, 1.165) is 36.8 Å². The first-order valence-electron chi connectivity index (χ1n) is 7.91. The lowest BCUT2D eigenvalue weighted by Crippen LogP contribution is -2.39. The highest BCUT2D eigenvalue weighted by atomic mass is 79.9. The zero-order valence-corrected chi connectivity index (χ0v) is 13.7. The van der Waals surface area contributed by atoms with Gasteiger partial charge in [-0.05, 0) is 55.2 Å². The van der Waals surface area contributed by atoms with Crippen LogP contribution >= 0.6 is 15.9 Å². The smallest absolute Gasteiger partial charge is 0.233 e. The number of hydrogen-bond donors (Lipinski definition) is 1. The number of carbonyl (C=O) groups excluding carboxylic acids is 1. The highest BCUT2D eigenvalue weighted by Gasteiger charge is 2.55. The summed E-state index contributed by atoms with van der Waals surface area (Å²) in [6, 6.07) is 8.55. The van der Waals surface area contributed by atoms with Gasteiger partial charge in [0.2, 0.25) is 5.91 Å². The van der Waals surface area contributed by atoms with Crippen molar-refractivity contribution in [1.82, 2.24) is 4.90 Å². The third kappa shape index (κ3) is 2.15. The van der Waals surface area contributed by atoms with Gasteiger partial charge in [0.25, 0.3) is 0 Å². The Morgan fingerprint density at radius 2 is 2.10 bits per heavy atom. The van der Waals surface area contributed by atoms with Gasteiger partial charge >= 0.3 is 0 Å². The van der Waals surface area contributed by atoms with Crippen LogP contribution in [-0.2, 0) is 10.2 Å². The topological polar surface area (TPSA) is 46.3 Å². The van der Waals surface area contributed by atoms with Crippen LogP contribution in [0.1, 0.15) is 31.2 Å². The number of benzene rings is 1. The van der Waals surface area contributed by atoms with E-state index in [0.29, 0.717) is 23.8 Å². The zero-order chi connectivity index (χ0) is 14.6. The van der Waals surface area contributed by atoms with E-state index in [1.165, 1.54) is 12.0 Å². The molecule has 3 aliphatic rings. The molecule has 2 N–H and O–H groups in total. The molecule has 1 amide bonds. The van der Waals surface area contributed by atoms with E-state index in [1.54, 1.807) is 0 Å². The molecule has 1 saturated heterocycles. The molecule has 1 aromatic carbocycles. The van der Waals surface area contributed by atoms with Gasteiger partial charge in [0.15, 0.2) is 0 Å². The number of nitrogens with zero attached hydrogens (tertiary/aromatic N) is 1. The van der Waals surface area contributed by atoms with Crippen LogP contribution in [0.25, 0.3) is 0 Å². The van der Waals surface area contributed by atoms with Crippen molar-refractivity contribution in [3.8, 4) is 0 Å². The molecule has 0 radical (unpaired) electrons.